The van der Waals surface area contributed by atoms with E-state index in [4.69, 9.17) is 4.74 Å². The topological polar surface area (TPSA) is 71.0 Å². The van der Waals surface area contributed by atoms with Gasteiger partial charge in [-0.05, 0) is 29.8 Å². The smallest absolute Gasteiger partial charge is 0.416 e. The Morgan fingerprint density at radius 1 is 1.03 bits per heavy atom. The maximum atomic E-state index is 12.5. The molecule has 2 amide bonds. The number of benzene rings is 2. The maximum Gasteiger partial charge on any atom is 0.416 e. The maximum absolute atomic E-state index is 12.5. The first-order chi connectivity index (χ1) is 14.8. The Labute approximate surface area is 177 Å². The number of halogens is 3. The minimum atomic E-state index is -4.40. The van der Waals surface area contributed by atoms with Crippen LogP contribution in [-0.2, 0) is 15.8 Å². The van der Waals surface area contributed by atoms with Crippen molar-refractivity contribution >= 4 is 17.5 Å². The van der Waals surface area contributed by atoms with E-state index in [-0.39, 0.29) is 43.6 Å². The fraction of sp³-hybridized carbons (Fsp3) is 0.318. The normalized spacial score (nSPS) is 13.6. The highest BCUT2D eigenvalue weighted by molar-refractivity contribution is 6.02. The molecule has 0 bridgehead atoms. The third kappa shape index (κ3) is 6.56. The fourth-order valence-corrected chi connectivity index (χ4v) is 3.01. The van der Waals surface area contributed by atoms with Crippen molar-refractivity contribution < 1.29 is 27.5 Å². The molecule has 1 N–H and O–H groups in total. The predicted octanol–water partition coefficient (Wildman–Crippen LogP) is 3.62. The van der Waals surface area contributed by atoms with Crippen molar-refractivity contribution in [1.82, 2.24) is 10.3 Å². The first-order valence-electron chi connectivity index (χ1n) is 9.83. The second-order valence-electron chi connectivity index (χ2n) is 6.90. The molecule has 6 nitrogen and oxygen atoms in total. The molecule has 0 unspecified atom stereocenters. The number of hydrogen-bond acceptors (Lipinski definition) is 4. The average Bonchev–Trinajstić information content (AvgIpc) is 3.26. The third-order valence-electron chi connectivity index (χ3n) is 4.64. The van der Waals surface area contributed by atoms with Crippen LogP contribution < -0.4 is 10.1 Å². The lowest BCUT2D eigenvalue weighted by Crippen LogP contribution is -2.30. The van der Waals surface area contributed by atoms with Gasteiger partial charge >= 0.3 is 6.18 Å². The highest BCUT2D eigenvalue weighted by Gasteiger charge is 2.30. The monoisotopic (exact) mass is 433 g/mol. The zero-order valence-electron chi connectivity index (χ0n) is 16.7. The first kappa shape index (κ1) is 22.3. The third-order valence-corrected chi connectivity index (χ3v) is 4.64. The zero-order valence-corrected chi connectivity index (χ0v) is 16.7. The number of carbonyl (C=O) groups excluding carboxylic acids is 2. The Hall–Kier alpha value is -3.36. The van der Waals surface area contributed by atoms with Gasteiger partial charge in [0.25, 0.3) is 0 Å². The van der Waals surface area contributed by atoms with Gasteiger partial charge in [0.05, 0.1) is 24.4 Å². The van der Waals surface area contributed by atoms with Crippen molar-refractivity contribution in [3.05, 3.63) is 65.7 Å². The Morgan fingerprint density at radius 3 is 2.42 bits per heavy atom. The number of alkyl halides is 3. The summed E-state index contributed by atoms with van der Waals surface area (Å²) in [5.74, 6) is -0.253. The van der Waals surface area contributed by atoms with Crippen LogP contribution in [0.2, 0.25) is 0 Å². The SMILES string of the molecule is O=C(CCC(=O)N1CCC(c2ccccc2)=N1)NCCOc1ccc(C(F)(F)F)cc1. The number of hydrazone groups is 1. The number of nitrogens with one attached hydrogen (secondary N) is 1. The molecule has 164 valence electrons. The van der Waals surface area contributed by atoms with Gasteiger partial charge in [0.2, 0.25) is 11.8 Å². The standard InChI is InChI=1S/C22H22F3N3O3/c23-22(24,25)17-6-8-18(9-7-17)31-15-13-26-20(29)10-11-21(30)28-14-12-19(27-28)16-4-2-1-3-5-16/h1-9H,10-15H2,(H,26,29). The van der Waals surface area contributed by atoms with Crippen LogP contribution in [-0.4, -0.2) is 42.2 Å². The lowest BCUT2D eigenvalue weighted by Gasteiger charge is -2.12. The highest BCUT2D eigenvalue weighted by atomic mass is 19.4. The molecule has 0 saturated heterocycles. The zero-order chi connectivity index (χ0) is 22.3. The molecule has 0 saturated carbocycles. The van der Waals surface area contributed by atoms with Gasteiger partial charge in [-0.25, -0.2) is 5.01 Å². The van der Waals surface area contributed by atoms with Crippen molar-refractivity contribution in [2.45, 2.75) is 25.4 Å². The Bertz CT molecular complexity index is 929. The molecule has 2 aromatic rings. The van der Waals surface area contributed by atoms with Crippen molar-refractivity contribution in [3.8, 4) is 5.75 Å². The van der Waals surface area contributed by atoms with Gasteiger partial charge in [0.15, 0.2) is 0 Å². The molecule has 2 aromatic carbocycles. The van der Waals surface area contributed by atoms with Crippen molar-refractivity contribution in [2.75, 3.05) is 19.7 Å². The van der Waals surface area contributed by atoms with Crippen LogP contribution in [0, 0.1) is 0 Å². The van der Waals surface area contributed by atoms with Crippen LogP contribution in [0.1, 0.15) is 30.4 Å². The molecular formula is C22H22F3N3O3. The summed E-state index contributed by atoms with van der Waals surface area (Å²) in [5, 5.41) is 8.36. The lowest BCUT2D eigenvalue weighted by atomic mass is 10.1. The molecule has 0 aromatic heterocycles. The number of nitrogens with zero attached hydrogens (tertiary/aromatic N) is 2. The van der Waals surface area contributed by atoms with Crippen LogP contribution in [0.3, 0.4) is 0 Å². The molecule has 31 heavy (non-hydrogen) atoms. The molecule has 0 fully saturated rings. The molecule has 1 aliphatic rings. The van der Waals surface area contributed by atoms with E-state index in [0.29, 0.717) is 13.0 Å². The second kappa shape index (κ2) is 10.1. The molecule has 0 atom stereocenters. The van der Waals surface area contributed by atoms with Gasteiger partial charge in [-0.3, -0.25) is 9.59 Å². The number of carbonyl (C=O) groups is 2. The predicted molar refractivity (Wildman–Crippen MR) is 108 cm³/mol. The molecule has 3 rings (SSSR count). The van der Waals surface area contributed by atoms with Crippen LogP contribution in [0.25, 0.3) is 0 Å². The van der Waals surface area contributed by atoms with Crippen molar-refractivity contribution in [3.63, 3.8) is 0 Å². The van der Waals surface area contributed by atoms with Crippen LogP contribution in [0.5, 0.6) is 5.75 Å². The molecule has 1 heterocycles. The molecular weight excluding hydrogens is 411 g/mol. The molecule has 0 spiro atoms. The largest absolute Gasteiger partial charge is 0.492 e. The summed E-state index contributed by atoms with van der Waals surface area (Å²) in [6.45, 7) is 0.765. The van der Waals surface area contributed by atoms with E-state index in [1.165, 1.54) is 17.1 Å². The minimum Gasteiger partial charge on any atom is -0.492 e. The minimum absolute atomic E-state index is 0.0196. The first-order valence-corrected chi connectivity index (χ1v) is 9.83. The lowest BCUT2D eigenvalue weighted by molar-refractivity contribution is -0.137. The van der Waals surface area contributed by atoms with Gasteiger partial charge in [-0.2, -0.15) is 18.3 Å². The Kier molecular flexibility index (Phi) is 7.28. The summed E-state index contributed by atoms with van der Waals surface area (Å²) in [4.78, 5) is 24.2. The Morgan fingerprint density at radius 2 is 1.74 bits per heavy atom. The van der Waals surface area contributed by atoms with Gasteiger partial charge in [-0.15, -0.1) is 0 Å². The van der Waals surface area contributed by atoms with Gasteiger partial charge in [0.1, 0.15) is 12.4 Å². The number of rotatable bonds is 8. The van der Waals surface area contributed by atoms with E-state index in [0.717, 1.165) is 23.4 Å². The molecule has 9 heteroatoms. The van der Waals surface area contributed by atoms with Crippen LogP contribution >= 0.6 is 0 Å². The number of amides is 2. The molecule has 0 aliphatic carbocycles. The van der Waals surface area contributed by atoms with Gasteiger partial charge in [-0.1, -0.05) is 30.3 Å². The van der Waals surface area contributed by atoms with E-state index in [1.807, 2.05) is 30.3 Å². The summed E-state index contributed by atoms with van der Waals surface area (Å²) in [6, 6.07) is 13.9. The van der Waals surface area contributed by atoms with Crippen molar-refractivity contribution in [2.24, 2.45) is 5.10 Å². The van der Waals surface area contributed by atoms with E-state index < -0.39 is 11.7 Å². The number of hydrogen-bond donors (Lipinski definition) is 1. The fourth-order valence-electron chi connectivity index (χ4n) is 3.01. The van der Waals surface area contributed by atoms with E-state index in [9.17, 15) is 22.8 Å². The van der Waals surface area contributed by atoms with Crippen LogP contribution in [0.15, 0.2) is 59.7 Å². The molecule has 1 aliphatic heterocycles. The van der Waals surface area contributed by atoms with Gasteiger partial charge < -0.3 is 10.1 Å². The summed E-state index contributed by atoms with van der Waals surface area (Å²) >= 11 is 0. The van der Waals surface area contributed by atoms with Crippen molar-refractivity contribution in [1.29, 1.82) is 0 Å². The summed E-state index contributed by atoms with van der Waals surface area (Å²) in [5.41, 5.74) is 1.07. The average molecular weight is 433 g/mol. The summed E-state index contributed by atoms with van der Waals surface area (Å²) in [6.07, 6.45) is -3.67. The number of ether oxygens (including phenoxy) is 1. The summed E-state index contributed by atoms with van der Waals surface area (Å²) < 4.78 is 42.9. The van der Waals surface area contributed by atoms with E-state index in [1.54, 1.807) is 0 Å². The van der Waals surface area contributed by atoms with Gasteiger partial charge in [0, 0.05) is 19.3 Å². The van der Waals surface area contributed by atoms with Crippen LogP contribution in [0.4, 0.5) is 13.2 Å². The van der Waals surface area contributed by atoms with E-state index >= 15 is 0 Å². The highest BCUT2D eigenvalue weighted by Crippen LogP contribution is 2.30. The second-order valence-corrected chi connectivity index (χ2v) is 6.90. The van der Waals surface area contributed by atoms with E-state index in [2.05, 4.69) is 10.4 Å². The Balaban J connectivity index is 1.34. The quantitative estimate of drug-likeness (QED) is 0.647. The summed E-state index contributed by atoms with van der Waals surface area (Å²) in [7, 11) is 0. The molecule has 0 radical (unpaired) electrons.